The van der Waals surface area contributed by atoms with Crippen molar-refractivity contribution in [3.05, 3.63) is 51.5 Å². The molecule has 2 aromatic rings. The molecule has 5 nitrogen and oxygen atoms in total. The third-order valence-electron chi connectivity index (χ3n) is 4.94. The lowest BCUT2D eigenvalue weighted by atomic mass is 9.89. The third kappa shape index (κ3) is 5.53. The van der Waals surface area contributed by atoms with Crippen molar-refractivity contribution in [2.75, 3.05) is 20.2 Å². The second-order valence-corrected chi connectivity index (χ2v) is 7.94. The highest BCUT2D eigenvalue weighted by Gasteiger charge is 2.27. The van der Waals surface area contributed by atoms with E-state index < -0.39 is 0 Å². The first-order valence-corrected chi connectivity index (χ1v) is 10.6. The molecule has 1 saturated heterocycles. The molecule has 0 bridgehead atoms. The van der Waals surface area contributed by atoms with E-state index >= 15 is 0 Å². The SMILES string of the molecule is CCc1nc(CNC(=NC)NCC2CCCOC2c2ccc(C)cc2)cs1. The van der Waals surface area contributed by atoms with Crippen LogP contribution in [0.3, 0.4) is 0 Å². The monoisotopic (exact) mass is 386 g/mol. The summed E-state index contributed by atoms with van der Waals surface area (Å²) in [5.74, 6) is 1.25. The summed E-state index contributed by atoms with van der Waals surface area (Å²) in [7, 11) is 1.81. The molecule has 0 saturated carbocycles. The predicted molar refractivity (Wildman–Crippen MR) is 112 cm³/mol. The molecule has 27 heavy (non-hydrogen) atoms. The number of ether oxygens (including phenoxy) is 1. The summed E-state index contributed by atoms with van der Waals surface area (Å²) in [6.07, 6.45) is 3.41. The van der Waals surface area contributed by atoms with Crippen molar-refractivity contribution in [1.29, 1.82) is 0 Å². The molecule has 2 heterocycles. The van der Waals surface area contributed by atoms with Gasteiger partial charge < -0.3 is 15.4 Å². The second-order valence-electron chi connectivity index (χ2n) is 7.00. The molecule has 2 unspecified atom stereocenters. The molecule has 6 heteroatoms. The molecule has 3 rings (SSSR count). The van der Waals surface area contributed by atoms with Crippen LogP contribution in [-0.4, -0.2) is 31.1 Å². The minimum atomic E-state index is 0.149. The van der Waals surface area contributed by atoms with Crippen LogP contribution in [0.1, 0.15) is 47.7 Å². The normalized spacial score (nSPS) is 20.5. The molecule has 146 valence electrons. The highest BCUT2D eigenvalue weighted by atomic mass is 32.1. The van der Waals surface area contributed by atoms with E-state index in [-0.39, 0.29) is 6.10 Å². The molecule has 1 aromatic carbocycles. The fourth-order valence-corrected chi connectivity index (χ4v) is 4.14. The quantitative estimate of drug-likeness (QED) is 0.585. The average Bonchev–Trinajstić information content (AvgIpc) is 3.17. The maximum atomic E-state index is 6.12. The van der Waals surface area contributed by atoms with Gasteiger partial charge in [0.05, 0.1) is 23.4 Å². The average molecular weight is 387 g/mol. The molecule has 1 aliphatic rings. The number of aliphatic imine (C=N–C) groups is 1. The number of benzene rings is 1. The van der Waals surface area contributed by atoms with Crippen molar-refractivity contribution in [3.63, 3.8) is 0 Å². The standard InChI is InChI=1S/C21H30N4OS/c1-4-19-25-18(14-27-19)13-24-21(22-3)23-12-17-6-5-11-26-20(17)16-9-7-15(2)8-10-16/h7-10,14,17,20H,4-6,11-13H2,1-3H3,(H2,22,23,24). The van der Waals surface area contributed by atoms with Crippen LogP contribution in [0.2, 0.25) is 0 Å². The number of thiazole rings is 1. The molecule has 0 radical (unpaired) electrons. The first kappa shape index (κ1) is 19.8. The Morgan fingerprint density at radius 3 is 2.81 bits per heavy atom. The Labute approximate surface area is 166 Å². The van der Waals surface area contributed by atoms with Gasteiger partial charge in [-0.1, -0.05) is 36.8 Å². The van der Waals surface area contributed by atoms with Crippen LogP contribution in [0, 0.1) is 12.8 Å². The summed E-state index contributed by atoms with van der Waals surface area (Å²) in [6.45, 7) is 6.62. The summed E-state index contributed by atoms with van der Waals surface area (Å²) in [4.78, 5) is 8.95. The lowest BCUT2D eigenvalue weighted by molar-refractivity contribution is -0.0265. The van der Waals surface area contributed by atoms with Gasteiger partial charge in [-0.25, -0.2) is 4.98 Å². The van der Waals surface area contributed by atoms with Gasteiger partial charge in [-0.15, -0.1) is 11.3 Å². The minimum absolute atomic E-state index is 0.149. The van der Waals surface area contributed by atoms with Gasteiger partial charge in [0, 0.05) is 31.5 Å². The molecule has 2 N–H and O–H groups in total. The zero-order valence-corrected chi connectivity index (χ0v) is 17.3. The van der Waals surface area contributed by atoms with Gasteiger partial charge in [-0.2, -0.15) is 0 Å². The topological polar surface area (TPSA) is 58.5 Å². The number of hydrogen-bond donors (Lipinski definition) is 2. The smallest absolute Gasteiger partial charge is 0.191 e. The van der Waals surface area contributed by atoms with E-state index in [4.69, 9.17) is 4.74 Å². The van der Waals surface area contributed by atoms with E-state index in [2.05, 4.69) is 64.1 Å². The van der Waals surface area contributed by atoms with E-state index in [0.29, 0.717) is 12.5 Å². The van der Waals surface area contributed by atoms with E-state index in [1.807, 2.05) is 7.05 Å². The Kier molecular flexibility index (Phi) is 7.24. The predicted octanol–water partition coefficient (Wildman–Crippen LogP) is 3.85. The molecule has 0 aliphatic carbocycles. The van der Waals surface area contributed by atoms with Crippen LogP contribution >= 0.6 is 11.3 Å². The van der Waals surface area contributed by atoms with Crippen LogP contribution in [0.25, 0.3) is 0 Å². The van der Waals surface area contributed by atoms with Gasteiger partial charge in [0.25, 0.3) is 0 Å². The molecule has 0 spiro atoms. The van der Waals surface area contributed by atoms with E-state index in [1.54, 1.807) is 11.3 Å². The van der Waals surface area contributed by atoms with Crippen LogP contribution in [0.5, 0.6) is 0 Å². The maximum Gasteiger partial charge on any atom is 0.191 e. The van der Waals surface area contributed by atoms with Crippen molar-refractivity contribution in [3.8, 4) is 0 Å². The summed E-state index contributed by atoms with van der Waals surface area (Å²) < 4.78 is 6.12. The second kappa shape index (κ2) is 9.85. The van der Waals surface area contributed by atoms with Crippen molar-refractivity contribution in [1.82, 2.24) is 15.6 Å². The maximum absolute atomic E-state index is 6.12. The van der Waals surface area contributed by atoms with Gasteiger partial charge in [0.2, 0.25) is 0 Å². The molecule has 0 amide bonds. The number of aromatic nitrogens is 1. The largest absolute Gasteiger partial charge is 0.373 e. The summed E-state index contributed by atoms with van der Waals surface area (Å²) in [5.41, 5.74) is 3.62. The Balaban J connectivity index is 1.54. The van der Waals surface area contributed by atoms with Crippen LogP contribution < -0.4 is 10.6 Å². The molecule has 2 atom stereocenters. The number of aryl methyl sites for hydroxylation is 2. The number of hydrogen-bond acceptors (Lipinski definition) is 4. The van der Waals surface area contributed by atoms with Crippen LogP contribution in [0.15, 0.2) is 34.6 Å². The lowest BCUT2D eigenvalue weighted by Gasteiger charge is -2.32. The Bertz CT molecular complexity index is 741. The zero-order valence-electron chi connectivity index (χ0n) is 16.5. The molecule has 1 aliphatic heterocycles. The number of nitrogens with one attached hydrogen (secondary N) is 2. The van der Waals surface area contributed by atoms with E-state index in [0.717, 1.165) is 44.1 Å². The number of rotatable bonds is 6. The molecule has 1 aromatic heterocycles. The van der Waals surface area contributed by atoms with Crippen molar-refractivity contribution in [2.45, 2.75) is 45.8 Å². The summed E-state index contributed by atoms with van der Waals surface area (Å²) in [6, 6.07) is 8.71. The van der Waals surface area contributed by atoms with Crippen molar-refractivity contribution < 1.29 is 4.74 Å². The van der Waals surface area contributed by atoms with Gasteiger partial charge in [-0.05, 0) is 31.7 Å². The molecular weight excluding hydrogens is 356 g/mol. The Morgan fingerprint density at radius 2 is 2.11 bits per heavy atom. The van der Waals surface area contributed by atoms with Gasteiger partial charge in [-0.3, -0.25) is 4.99 Å². The first-order chi connectivity index (χ1) is 13.2. The van der Waals surface area contributed by atoms with Crippen LogP contribution in [-0.2, 0) is 17.7 Å². The lowest BCUT2D eigenvalue weighted by Crippen LogP contribution is -2.41. The highest BCUT2D eigenvalue weighted by molar-refractivity contribution is 7.09. The zero-order chi connectivity index (χ0) is 19.1. The third-order valence-corrected chi connectivity index (χ3v) is 5.99. The fourth-order valence-electron chi connectivity index (χ4n) is 3.39. The Hall–Kier alpha value is -1.92. The number of guanidine groups is 1. The fraction of sp³-hybridized carbons (Fsp3) is 0.524. The first-order valence-electron chi connectivity index (χ1n) is 9.75. The summed E-state index contributed by atoms with van der Waals surface area (Å²) >= 11 is 1.72. The highest BCUT2D eigenvalue weighted by Crippen LogP contribution is 2.33. The van der Waals surface area contributed by atoms with Crippen LogP contribution in [0.4, 0.5) is 0 Å². The summed E-state index contributed by atoms with van der Waals surface area (Å²) in [5, 5.41) is 10.1. The van der Waals surface area contributed by atoms with Gasteiger partial charge in [0.15, 0.2) is 5.96 Å². The van der Waals surface area contributed by atoms with Gasteiger partial charge in [0.1, 0.15) is 0 Å². The van der Waals surface area contributed by atoms with Gasteiger partial charge >= 0.3 is 0 Å². The number of nitrogens with zero attached hydrogens (tertiary/aromatic N) is 2. The Morgan fingerprint density at radius 1 is 1.30 bits per heavy atom. The van der Waals surface area contributed by atoms with Crippen molar-refractivity contribution in [2.24, 2.45) is 10.9 Å². The van der Waals surface area contributed by atoms with E-state index in [9.17, 15) is 0 Å². The van der Waals surface area contributed by atoms with Crippen molar-refractivity contribution >= 4 is 17.3 Å². The van der Waals surface area contributed by atoms with E-state index in [1.165, 1.54) is 16.1 Å². The minimum Gasteiger partial charge on any atom is -0.373 e. The molecule has 1 fully saturated rings. The molecular formula is C21H30N4OS.